The van der Waals surface area contributed by atoms with Crippen molar-refractivity contribution in [3.63, 3.8) is 0 Å². The lowest BCUT2D eigenvalue weighted by atomic mass is 10.0. The summed E-state index contributed by atoms with van der Waals surface area (Å²) < 4.78 is 62.9. The number of pyridine rings is 1. The van der Waals surface area contributed by atoms with E-state index in [9.17, 15) is 18.0 Å². The number of rotatable bonds is 13. The van der Waals surface area contributed by atoms with Crippen LogP contribution in [0.1, 0.15) is 75.9 Å². The number of alkyl halides is 2. The van der Waals surface area contributed by atoms with E-state index in [-0.39, 0.29) is 24.4 Å². The Balaban J connectivity index is 2.32. The molecular formula is C29H38F4N4O2. The first kappa shape index (κ1) is 31.8. The average Bonchev–Trinajstić information content (AvgIpc) is 2.91. The minimum Gasteiger partial charge on any atom is -0.473 e. The van der Waals surface area contributed by atoms with Crippen LogP contribution in [0.15, 0.2) is 41.1 Å². The molecule has 1 heterocycles. The molecule has 0 saturated heterocycles. The van der Waals surface area contributed by atoms with Gasteiger partial charge in [0.25, 0.3) is 11.8 Å². The van der Waals surface area contributed by atoms with Gasteiger partial charge < -0.3 is 9.64 Å². The first-order valence-corrected chi connectivity index (χ1v) is 13.1. The molecule has 0 saturated carbocycles. The van der Waals surface area contributed by atoms with Crippen LogP contribution in [0.5, 0.6) is 5.88 Å². The van der Waals surface area contributed by atoms with Gasteiger partial charge in [0.15, 0.2) is 5.82 Å². The van der Waals surface area contributed by atoms with E-state index >= 15 is 4.39 Å². The number of benzene rings is 1. The van der Waals surface area contributed by atoms with Crippen molar-refractivity contribution in [1.82, 2.24) is 9.88 Å². The van der Waals surface area contributed by atoms with Crippen LogP contribution in [-0.2, 0) is 12.3 Å². The number of halogens is 4. The van der Waals surface area contributed by atoms with E-state index in [1.54, 1.807) is 33.2 Å². The number of likely N-dealkylation sites (N-methyl/N-ethyl adjacent to an activating group) is 1. The summed E-state index contributed by atoms with van der Waals surface area (Å²) >= 11 is 0. The van der Waals surface area contributed by atoms with Crippen molar-refractivity contribution in [2.24, 2.45) is 5.10 Å². The van der Waals surface area contributed by atoms with Gasteiger partial charge in [0.2, 0.25) is 5.88 Å². The van der Waals surface area contributed by atoms with E-state index < -0.39 is 47.4 Å². The average molecular weight is 551 g/mol. The van der Waals surface area contributed by atoms with E-state index in [0.29, 0.717) is 18.1 Å². The lowest BCUT2D eigenvalue weighted by Gasteiger charge is -2.30. The predicted molar refractivity (Wildman–Crippen MR) is 147 cm³/mol. The maximum Gasteiger partial charge on any atom is 0.274 e. The molecule has 0 aliphatic heterocycles. The van der Waals surface area contributed by atoms with Crippen LogP contribution in [0, 0.1) is 11.6 Å². The number of amides is 1. The van der Waals surface area contributed by atoms with Crippen molar-refractivity contribution in [1.29, 1.82) is 0 Å². The van der Waals surface area contributed by atoms with Gasteiger partial charge in [-0.2, -0.15) is 5.10 Å². The molecule has 1 atom stereocenters. The minimum absolute atomic E-state index is 0.0303. The van der Waals surface area contributed by atoms with Crippen LogP contribution < -0.4 is 9.75 Å². The molecule has 0 unspecified atom stereocenters. The smallest absolute Gasteiger partial charge is 0.274 e. The summed E-state index contributed by atoms with van der Waals surface area (Å²) in [5.41, 5.74) is 1.37. The maximum atomic E-state index is 15.3. The first-order chi connectivity index (χ1) is 18.4. The summed E-state index contributed by atoms with van der Waals surface area (Å²) in [5.74, 6) is -5.69. The van der Waals surface area contributed by atoms with Crippen LogP contribution in [0.2, 0.25) is 0 Å². The molecule has 0 N–H and O–H groups in total. The summed E-state index contributed by atoms with van der Waals surface area (Å²) in [5, 5.41) is 5.60. The SMILES string of the molecule is CC/C(C)=C/C=N\N(C)c1c(F)cc(CC)cc1C(=O)N(CC)[C@@H](C)COc1ncc(C(F)(F)CC)cc1F. The second-order valence-corrected chi connectivity index (χ2v) is 9.30. The van der Waals surface area contributed by atoms with Crippen LogP contribution in [-0.4, -0.2) is 48.2 Å². The maximum absolute atomic E-state index is 15.3. The lowest BCUT2D eigenvalue weighted by molar-refractivity contribution is -0.00909. The fraction of sp³-hybridized carbons (Fsp3) is 0.483. The van der Waals surface area contributed by atoms with Gasteiger partial charge in [-0.15, -0.1) is 0 Å². The Hall–Kier alpha value is -3.43. The molecule has 0 fully saturated rings. The molecule has 1 aromatic carbocycles. The number of hydrazone groups is 1. The molecule has 0 radical (unpaired) electrons. The minimum atomic E-state index is -3.20. The Labute approximate surface area is 228 Å². The molecule has 0 bridgehead atoms. The van der Waals surface area contributed by atoms with Gasteiger partial charge in [-0.05, 0) is 63.5 Å². The highest BCUT2D eigenvalue weighted by atomic mass is 19.3. The molecule has 1 amide bonds. The van der Waals surface area contributed by atoms with E-state index in [2.05, 4.69) is 10.1 Å². The zero-order valence-electron chi connectivity index (χ0n) is 23.7. The zero-order chi connectivity index (χ0) is 29.3. The number of allylic oxidation sites excluding steroid dienone is 2. The number of anilines is 1. The van der Waals surface area contributed by atoms with E-state index in [0.717, 1.165) is 18.2 Å². The number of hydrogen-bond donors (Lipinski definition) is 0. The fourth-order valence-electron chi connectivity index (χ4n) is 3.82. The molecule has 0 spiro atoms. The summed E-state index contributed by atoms with van der Waals surface area (Å²) in [7, 11) is 1.56. The summed E-state index contributed by atoms with van der Waals surface area (Å²) in [6.07, 6.45) is 5.13. The van der Waals surface area contributed by atoms with E-state index in [4.69, 9.17) is 4.74 Å². The van der Waals surface area contributed by atoms with Crippen molar-refractivity contribution in [2.45, 2.75) is 72.8 Å². The Morgan fingerprint density at radius 2 is 1.85 bits per heavy atom. The summed E-state index contributed by atoms with van der Waals surface area (Å²) in [4.78, 5) is 18.9. The van der Waals surface area contributed by atoms with E-state index in [1.165, 1.54) is 22.9 Å². The summed E-state index contributed by atoms with van der Waals surface area (Å²) in [6.45, 7) is 10.7. The second-order valence-electron chi connectivity index (χ2n) is 9.30. The molecule has 0 aliphatic rings. The highest BCUT2D eigenvalue weighted by Crippen LogP contribution is 2.32. The van der Waals surface area contributed by atoms with Crippen LogP contribution in [0.25, 0.3) is 0 Å². The monoisotopic (exact) mass is 550 g/mol. The number of nitrogens with zero attached hydrogens (tertiary/aromatic N) is 4. The number of carbonyl (C=O) groups is 1. The van der Waals surface area contributed by atoms with Crippen LogP contribution in [0.4, 0.5) is 23.2 Å². The van der Waals surface area contributed by atoms with Crippen LogP contribution in [0.3, 0.4) is 0 Å². The normalized spacial score (nSPS) is 13.1. The van der Waals surface area contributed by atoms with Crippen molar-refractivity contribution >= 4 is 17.8 Å². The lowest BCUT2D eigenvalue weighted by Crippen LogP contribution is -2.42. The van der Waals surface area contributed by atoms with Gasteiger partial charge in [-0.25, -0.2) is 22.5 Å². The highest BCUT2D eigenvalue weighted by Gasteiger charge is 2.31. The van der Waals surface area contributed by atoms with Crippen molar-refractivity contribution in [3.8, 4) is 5.88 Å². The Morgan fingerprint density at radius 3 is 2.41 bits per heavy atom. The first-order valence-electron chi connectivity index (χ1n) is 13.1. The van der Waals surface area contributed by atoms with Crippen LogP contribution >= 0.6 is 0 Å². The van der Waals surface area contributed by atoms with Gasteiger partial charge in [0.1, 0.15) is 18.1 Å². The molecule has 10 heteroatoms. The quantitative estimate of drug-likeness (QED) is 0.151. The van der Waals surface area contributed by atoms with Crippen molar-refractivity contribution in [3.05, 3.63) is 64.4 Å². The van der Waals surface area contributed by atoms with Gasteiger partial charge in [-0.3, -0.25) is 9.80 Å². The van der Waals surface area contributed by atoms with Gasteiger partial charge >= 0.3 is 0 Å². The fourth-order valence-corrected chi connectivity index (χ4v) is 3.82. The number of aryl methyl sites for hydroxylation is 1. The molecule has 2 aromatic rings. The highest BCUT2D eigenvalue weighted by molar-refractivity contribution is 6.00. The van der Waals surface area contributed by atoms with Crippen molar-refractivity contribution in [2.75, 3.05) is 25.2 Å². The number of hydrogen-bond acceptors (Lipinski definition) is 5. The second kappa shape index (κ2) is 14.1. The molecule has 214 valence electrons. The van der Waals surface area contributed by atoms with Gasteiger partial charge in [0.05, 0.1) is 11.6 Å². The summed E-state index contributed by atoms with van der Waals surface area (Å²) in [6, 6.07) is 3.15. The Morgan fingerprint density at radius 1 is 1.15 bits per heavy atom. The zero-order valence-corrected chi connectivity index (χ0v) is 23.7. The standard InChI is InChI=1S/C29H38F4N4O2/c1-8-19(5)12-13-35-36(7)26-23(14-21(9-2)15-24(26)30)28(38)37(11-4)20(6)18-39-27-25(31)16-22(17-34-27)29(32,33)10-3/h12-17,20H,8-11,18H2,1-7H3/b19-12+,35-13-/t20-/m0/s1. The number of carbonyl (C=O) groups excluding carboxylic acids is 1. The van der Waals surface area contributed by atoms with Gasteiger partial charge in [-0.1, -0.05) is 26.3 Å². The third-order valence-corrected chi connectivity index (χ3v) is 6.51. The Kier molecular flexibility index (Phi) is 11.5. The predicted octanol–water partition coefficient (Wildman–Crippen LogP) is 7.13. The molecule has 0 aliphatic carbocycles. The molecular weight excluding hydrogens is 512 g/mol. The van der Waals surface area contributed by atoms with E-state index in [1.807, 2.05) is 26.8 Å². The third-order valence-electron chi connectivity index (χ3n) is 6.51. The molecule has 1 aromatic heterocycles. The number of aromatic nitrogens is 1. The molecule has 2 rings (SSSR count). The molecule has 6 nitrogen and oxygen atoms in total. The van der Waals surface area contributed by atoms with Gasteiger partial charge in [0, 0.05) is 38.0 Å². The number of ether oxygens (including phenoxy) is 1. The Bertz CT molecular complexity index is 1200. The van der Waals surface area contributed by atoms with Crippen molar-refractivity contribution < 1.29 is 27.1 Å². The topological polar surface area (TPSA) is 58.0 Å². The molecule has 39 heavy (non-hydrogen) atoms. The third kappa shape index (κ3) is 8.03. The largest absolute Gasteiger partial charge is 0.473 e.